The van der Waals surface area contributed by atoms with Gasteiger partial charge in [0, 0.05) is 31.6 Å². The minimum Gasteiger partial charge on any atom is -0.481 e. The lowest BCUT2D eigenvalue weighted by Crippen LogP contribution is -2.34. The molecule has 2 atom stereocenters. The second kappa shape index (κ2) is 12.0. The summed E-state index contributed by atoms with van der Waals surface area (Å²) in [6, 6.07) is 5.33. The predicted octanol–water partition coefficient (Wildman–Crippen LogP) is 3.63. The number of carboxylic acids is 1. The van der Waals surface area contributed by atoms with Gasteiger partial charge in [-0.1, -0.05) is 24.3 Å². The number of alkyl halides is 3. The zero-order valence-corrected chi connectivity index (χ0v) is 17.7. The van der Waals surface area contributed by atoms with E-state index in [0.29, 0.717) is 42.9 Å². The molecule has 1 amide bonds. The van der Waals surface area contributed by atoms with Crippen molar-refractivity contribution >= 4 is 23.6 Å². The number of amides is 1. The maximum Gasteiger partial charge on any atom is 0.573 e. The van der Waals surface area contributed by atoms with Crippen LogP contribution in [0, 0.1) is 0 Å². The van der Waals surface area contributed by atoms with Crippen LogP contribution in [0.3, 0.4) is 0 Å². The summed E-state index contributed by atoms with van der Waals surface area (Å²) in [7, 11) is 0. The summed E-state index contributed by atoms with van der Waals surface area (Å²) in [4.78, 5) is 24.4. The van der Waals surface area contributed by atoms with Crippen LogP contribution in [0.5, 0.6) is 5.75 Å². The van der Waals surface area contributed by atoms with Crippen LogP contribution < -0.4 is 4.74 Å². The molecule has 6 nitrogen and oxygen atoms in total. The van der Waals surface area contributed by atoms with Crippen molar-refractivity contribution in [3.63, 3.8) is 0 Å². The average molecular weight is 462 g/mol. The normalized spacial score (nSPS) is 18.0. The highest BCUT2D eigenvalue weighted by Crippen LogP contribution is 2.24. The molecule has 0 unspecified atom stereocenters. The summed E-state index contributed by atoms with van der Waals surface area (Å²) in [5.41, 5.74) is 0.496. The summed E-state index contributed by atoms with van der Waals surface area (Å²) < 4.78 is 40.9. The van der Waals surface area contributed by atoms with Gasteiger partial charge in [-0.15, -0.1) is 13.2 Å². The molecule has 10 heteroatoms. The number of aliphatic carboxylic acids is 1. The van der Waals surface area contributed by atoms with Gasteiger partial charge in [-0.25, -0.2) is 0 Å². The maximum atomic E-state index is 12.3. The average Bonchev–Trinajstić information content (AvgIpc) is 3.01. The molecule has 1 heterocycles. The fourth-order valence-corrected chi connectivity index (χ4v) is 4.15. The highest BCUT2D eigenvalue weighted by Gasteiger charge is 2.31. The Hall–Kier alpha value is -2.20. The lowest BCUT2D eigenvalue weighted by atomic mass is 10.1. The molecule has 1 fully saturated rings. The van der Waals surface area contributed by atoms with Crippen LogP contribution in [0.4, 0.5) is 13.2 Å². The molecule has 0 spiro atoms. The van der Waals surface area contributed by atoms with Crippen LogP contribution in [0.2, 0.25) is 0 Å². The van der Waals surface area contributed by atoms with Gasteiger partial charge in [0.1, 0.15) is 5.75 Å². The molecule has 0 radical (unpaired) electrons. The molecule has 1 aromatic carbocycles. The molecule has 1 aliphatic rings. The number of carbonyl (C=O) groups is 2. The highest BCUT2D eigenvalue weighted by atomic mass is 32.2. The number of carboxylic acid groups (broad SMARTS) is 1. The summed E-state index contributed by atoms with van der Waals surface area (Å²) in [6.45, 7) is 0.540. The topological polar surface area (TPSA) is 87.1 Å². The Morgan fingerprint density at radius 2 is 2.13 bits per heavy atom. The molecule has 0 saturated carbocycles. The predicted molar refractivity (Wildman–Crippen MR) is 111 cm³/mol. The van der Waals surface area contributed by atoms with Gasteiger partial charge in [-0.2, -0.15) is 11.8 Å². The van der Waals surface area contributed by atoms with Crippen molar-refractivity contribution in [1.29, 1.82) is 0 Å². The summed E-state index contributed by atoms with van der Waals surface area (Å²) in [5.74, 6) is 0.287. The van der Waals surface area contributed by atoms with E-state index < -0.39 is 18.4 Å². The number of likely N-dealkylation sites (tertiary alicyclic amines) is 1. The zero-order chi connectivity index (χ0) is 22.9. The SMILES string of the molecule is O=C(O)CCCSCCN1C(=O)CC[C@@H]1/C=C/[C@@H](O)Cc1cccc(OC(F)(F)F)c1. The Labute approximate surface area is 183 Å². The molecule has 2 rings (SSSR count). The Morgan fingerprint density at radius 3 is 2.84 bits per heavy atom. The first-order valence-electron chi connectivity index (χ1n) is 9.94. The van der Waals surface area contributed by atoms with Gasteiger partial charge < -0.3 is 19.8 Å². The standard InChI is InChI=1S/C21H26F3NO5S/c22-21(23,24)30-18-4-1-3-15(14-18)13-17(26)8-6-16-7-9-19(27)25(16)10-12-31-11-2-5-20(28)29/h1,3-4,6,8,14,16-17,26H,2,5,7,9-13H2,(H,28,29)/b8-6+/t16-,17+/m0/s1. The third kappa shape index (κ3) is 9.65. The molecular weight excluding hydrogens is 435 g/mol. The second-order valence-electron chi connectivity index (χ2n) is 7.15. The molecule has 1 aliphatic heterocycles. The fraction of sp³-hybridized carbons (Fsp3) is 0.524. The van der Waals surface area contributed by atoms with Crippen LogP contribution in [-0.4, -0.2) is 63.5 Å². The van der Waals surface area contributed by atoms with Gasteiger partial charge in [0.15, 0.2) is 0 Å². The third-order valence-corrected chi connectivity index (χ3v) is 5.71. The second-order valence-corrected chi connectivity index (χ2v) is 8.38. The Kier molecular flexibility index (Phi) is 9.70. The van der Waals surface area contributed by atoms with E-state index in [1.807, 2.05) is 0 Å². The van der Waals surface area contributed by atoms with Gasteiger partial charge in [0.25, 0.3) is 0 Å². The van der Waals surface area contributed by atoms with Crippen LogP contribution in [0.1, 0.15) is 31.2 Å². The Balaban J connectivity index is 1.82. The quantitative estimate of drug-likeness (QED) is 0.365. The largest absolute Gasteiger partial charge is 0.573 e. The van der Waals surface area contributed by atoms with E-state index in [1.165, 1.54) is 18.2 Å². The minimum atomic E-state index is -4.77. The van der Waals surface area contributed by atoms with Gasteiger partial charge in [-0.3, -0.25) is 9.59 Å². The molecule has 31 heavy (non-hydrogen) atoms. The van der Waals surface area contributed by atoms with E-state index in [9.17, 15) is 27.9 Å². The molecule has 2 N–H and O–H groups in total. The van der Waals surface area contributed by atoms with E-state index in [0.717, 1.165) is 0 Å². The van der Waals surface area contributed by atoms with Crippen molar-refractivity contribution in [3.05, 3.63) is 42.0 Å². The molecule has 0 aromatic heterocycles. The number of hydrogen-bond donors (Lipinski definition) is 2. The third-order valence-electron chi connectivity index (χ3n) is 4.66. The zero-order valence-electron chi connectivity index (χ0n) is 16.9. The number of ether oxygens (including phenoxy) is 1. The van der Waals surface area contributed by atoms with Crippen molar-refractivity contribution in [2.45, 2.75) is 50.6 Å². The van der Waals surface area contributed by atoms with Gasteiger partial charge in [0.05, 0.1) is 12.1 Å². The lowest BCUT2D eigenvalue weighted by Gasteiger charge is -2.22. The summed E-state index contributed by atoms with van der Waals surface area (Å²) in [6.07, 6.45) is -0.469. The van der Waals surface area contributed by atoms with Crippen LogP contribution in [-0.2, 0) is 16.0 Å². The molecular formula is C21H26F3NO5S. The molecule has 0 aliphatic carbocycles. The van der Waals surface area contributed by atoms with Crippen LogP contribution in [0.15, 0.2) is 36.4 Å². The molecule has 1 saturated heterocycles. The molecule has 1 aromatic rings. The summed E-state index contributed by atoms with van der Waals surface area (Å²) >= 11 is 1.59. The summed E-state index contributed by atoms with van der Waals surface area (Å²) in [5, 5.41) is 18.9. The van der Waals surface area contributed by atoms with E-state index in [4.69, 9.17) is 5.11 Å². The van der Waals surface area contributed by atoms with Crippen molar-refractivity contribution in [2.24, 2.45) is 0 Å². The van der Waals surface area contributed by atoms with Gasteiger partial charge in [0.2, 0.25) is 5.91 Å². The van der Waals surface area contributed by atoms with Crippen molar-refractivity contribution in [1.82, 2.24) is 4.90 Å². The van der Waals surface area contributed by atoms with Gasteiger partial charge in [-0.05, 0) is 36.3 Å². The Bertz CT molecular complexity index is 772. The van der Waals surface area contributed by atoms with Gasteiger partial charge >= 0.3 is 12.3 Å². The van der Waals surface area contributed by atoms with Crippen LogP contribution >= 0.6 is 11.8 Å². The number of nitrogens with zero attached hydrogens (tertiary/aromatic N) is 1. The first kappa shape index (κ1) is 25.1. The van der Waals surface area contributed by atoms with E-state index >= 15 is 0 Å². The number of aliphatic hydroxyl groups excluding tert-OH is 1. The first-order valence-corrected chi connectivity index (χ1v) is 11.1. The number of benzene rings is 1. The van der Waals surface area contributed by atoms with Crippen LogP contribution in [0.25, 0.3) is 0 Å². The Morgan fingerprint density at radius 1 is 1.35 bits per heavy atom. The number of carbonyl (C=O) groups excluding carboxylic acids is 1. The fourth-order valence-electron chi connectivity index (χ4n) is 3.27. The number of aliphatic hydroxyl groups is 1. The number of halogens is 3. The highest BCUT2D eigenvalue weighted by molar-refractivity contribution is 7.99. The van der Waals surface area contributed by atoms with E-state index in [2.05, 4.69) is 4.74 Å². The monoisotopic (exact) mass is 461 g/mol. The smallest absolute Gasteiger partial charge is 0.481 e. The molecule has 172 valence electrons. The number of rotatable bonds is 12. The van der Waals surface area contributed by atoms with E-state index in [-0.39, 0.29) is 30.5 Å². The number of hydrogen-bond acceptors (Lipinski definition) is 5. The lowest BCUT2D eigenvalue weighted by molar-refractivity contribution is -0.274. The number of thioether (sulfide) groups is 1. The van der Waals surface area contributed by atoms with Crippen molar-refractivity contribution < 1.29 is 37.7 Å². The van der Waals surface area contributed by atoms with Crippen molar-refractivity contribution in [2.75, 3.05) is 18.1 Å². The van der Waals surface area contributed by atoms with E-state index in [1.54, 1.807) is 34.9 Å². The van der Waals surface area contributed by atoms with Crippen molar-refractivity contribution in [3.8, 4) is 5.75 Å². The first-order chi connectivity index (χ1) is 14.6. The maximum absolute atomic E-state index is 12.3. The minimum absolute atomic E-state index is 0.0345. The molecule has 0 bridgehead atoms.